The molecule has 0 unspecified atom stereocenters. The summed E-state index contributed by atoms with van der Waals surface area (Å²) in [7, 11) is 1.50. The first-order chi connectivity index (χ1) is 5.61. The maximum atomic E-state index is 4.50. The van der Waals surface area contributed by atoms with E-state index in [2.05, 4.69) is 36.7 Å². The van der Waals surface area contributed by atoms with Gasteiger partial charge in [0.1, 0.15) is 0 Å². The Labute approximate surface area is 76.3 Å². The van der Waals surface area contributed by atoms with Crippen LogP contribution in [0.3, 0.4) is 0 Å². The largest absolute Gasteiger partial charge is 0.333 e. The number of piperazine rings is 1. The van der Waals surface area contributed by atoms with Crippen LogP contribution in [0.15, 0.2) is 0 Å². The second kappa shape index (κ2) is 5.51. The zero-order valence-corrected chi connectivity index (χ0v) is 8.85. The first kappa shape index (κ1) is 11.9. The molecule has 1 rings (SSSR count). The van der Waals surface area contributed by atoms with Crippen LogP contribution >= 0.6 is 0 Å². The normalized spacial score (nSPS) is 19.8. The second-order valence-corrected chi connectivity index (χ2v) is 3.91. The standard InChI is InChI=1S/C8H18N2.CH5N/c1-8(2,3)10-6-4-9-5-7-10;1-2/h9H,4-7H2,1-3H3;2H2,1H3. The maximum absolute atomic E-state index is 4.50. The van der Waals surface area contributed by atoms with Gasteiger partial charge in [0.25, 0.3) is 0 Å². The summed E-state index contributed by atoms with van der Waals surface area (Å²) >= 11 is 0. The number of nitrogens with two attached hydrogens (primary N) is 1. The smallest absolute Gasteiger partial charge is 0.0126 e. The van der Waals surface area contributed by atoms with Crippen molar-refractivity contribution >= 4 is 0 Å². The molecule has 74 valence electrons. The number of nitrogens with zero attached hydrogens (tertiary/aromatic N) is 1. The third-order valence-electron chi connectivity index (χ3n) is 2.07. The molecular formula is C9H23N3. The lowest BCUT2D eigenvalue weighted by Crippen LogP contribution is -2.51. The summed E-state index contributed by atoms with van der Waals surface area (Å²) in [5.74, 6) is 0. The highest BCUT2D eigenvalue weighted by atomic mass is 15.2. The first-order valence-electron chi connectivity index (χ1n) is 4.64. The molecule has 3 N–H and O–H groups in total. The van der Waals surface area contributed by atoms with Crippen molar-refractivity contribution < 1.29 is 0 Å². The number of hydrogen-bond donors (Lipinski definition) is 2. The lowest BCUT2D eigenvalue weighted by Gasteiger charge is -2.38. The van der Waals surface area contributed by atoms with Crippen LogP contribution in [0.4, 0.5) is 0 Å². The van der Waals surface area contributed by atoms with Crippen molar-refractivity contribution in [3.05, 3.63) is 0 Å². The first-order valence-corrected chi connectivity index (χ1v) is 4.64. The Kier molecular flexibility index (Phi) is 5.46. The van der Waals surface area contributed by atoms with E-state index >= 15 is 0 Å². The number of nitrogens with one attached hydrogen (secondary N) is 1. The van der Waals surface area contributed by atoms with Gasteiger partial charge in [-0.2, -0.15) is 0 Å². The predicted molar refractivity (Wildman–Crippen MR) is 54.3 cm³/mol. The Morgan fingerprint density at radius 1 is 1.08 bits per heavy atom. The van der Waals surface area contributed by atoms with Gasteiger partial charge in [-0.3, -0.25) is 4.90 Å². The molecule has 3 heteroatoms. The van der Waals surface area contributed by atoms with Crippen LogP contribution in [-0.4, -0.2) is 43.7 Å². The van der Waals surface area contributed by atoms with E-state index in [1.165, 1.54) is 20.1 Å². The quantitative estimate of drug-likeness (QED) is 0.552. The molecule has 1 fully saturated rings. The molecule has 3 nitrogen and oxygen atoms in total. The van der Waals surface area contributed by atoms with Crippen LogP contribution in [0.5, 0.6) is 0 Å². The molecule has 1 aliphatic rings. The molecule has 0 aliphatic carbocycles. The number of hydrogen-bond acceptors (Lipinski definition) is 3. The fourth-order valence-electron chi connectivity index (χ4n) is 1.34. The van der Waals surface area contributed by atoms with E-state index in [1.54, 1.807) is 0 Å². The van der Waals surface area contributed by atoms with Crippen molar-refractivity contribution in [1.29, 1.82) is 0 Å². The molecule has 0 saturated carbocycles. The minimum atomic E-state index is 0.363. The summed E-state index contributed by atoms with van der Waals surface area (Å²) in [4.78, 5) is 2.52. The zero-order chi connectivity index (χ0) is 9.61. The van der Waals surface area contributed by atoms with Gasteiger partial charge in [-0.1, -0.05) is 0 Å². The Morgan fingerprint density at radius 3 is 1.75 bits per heavy atom. The van der Waals surface area contributed by atoms with Crippen LogP contribution in [0.25, 0.3) is 0 Å². The molecule has 1 saturated heterocycles. The Hall–Kier alpha value is -0.120. The molecule has 0 atom stereocenters. The van der Waals surface area contributed by atoms with Crippen molar-refractivity contribution in [3.8, 4) is 0 Å². The SMILES string of the molecule is CC(C)(C)N1CCNCC1.CN. The van der Waals surface area contributed by atoms with Gasteiger partial charge in [0.05, 0.1) is 0 Å². The van der Waals surface area contributed by atoms with Crippen LogP contribution in [0, 0.1) is 0 Å². The van der Waals surface area contributed by atoms with Crippen molar-refractivity contribution in [2.45, 2.75) is 26.3 Å². The zero-order valence-electron chi connectivity index (χ0n) is 8.85. The monoisotopic (exact) mass is 173 g/mol. The Balaban J connectivity index is 0.000000561. The van der Waals surface area contributed by atoms with Gasteiger partial charge in [0.2, 0.25) is 0 Å². The van der Waals surface area contributed by atoms with Gasteiger partial charge < -0.3 is 11.1 Å². The Bertz CT molecular complexity index is 101. The highest BCUT2D eigenvalue weighted by Gasteiger charge is 2.21. The van der Waals surface area contributed by atoms with E-state index in [-0.39, 0.29) is 0 Å². The number of rotatable bonds is 0. The van der Waals surface area contributed by atoms with Gasteiger partial charge in [-0.25, -0.2) is 0 Å². The summed E-state index contributed by atoms with van der Waals surface area (Å²) < 4.78 is 0. The van der Waals surface area contributed by atoms with E-state index < -0.39 is 0 Å². The average molecular weight is 173 g/mol. The molecule has 0 aromatic heterocycles. The maximum Gasteiger partial charge on any atom is 0.0126 e. The summed E-state index contributed by atoms with van der Waals surface area (Å²) in [6.45, 7) is 11.5. The molecule has 0 radical (unpaired) electrons. The van der Waals surface area contributed by atoms with Crippen molar-refractivity contribution in [1.82, 2.24) is 10.2 Å². The van der Waals surface area contributed by atoms with Crippen molar-refractivity contribution in [2.75, 3.05) is 33.2 Å². The molecule has 0 amide bonds. The minimum absolute atomic E-state index is 0.363. The lowest BCUT2D eigenvalue weighted by molar-refractivity contribution is 0.119. The average Bonchev–Trinajstić information content (AvgIpc) is 2.08. The highest BCUT2D eigenvalue weighted by Crippen LogP contribution is 2.12. The van der Waals surface area contributed by atoms with E-state index in [0.717, 1.165) is 13.1 Å². The van der Waals surface area contributed by atoms with Crippen LogP contribution < -0.4 is 11.1 Å². The summed E-state index contributed by atoms with van der Waals surface area (Å²) in [6, 6.07) is 0. The van der Waals surface area contributed by atoms with Crippen LogP contribution in [0.1, 0.15) is 20.8 Å². The van der Waals surface area contributed by atoms with Crippen molar-refractivity contribution in [2.24, 2.45) is 5.73 Å². The lowest BCUT2D eigenvalue weighted by atomic mass is 10.1. The van der Waals surface area contributed by atoms with Gasteiger partial charge in [-0.05, 0) is 27.8 Å². The van der Waals surface area contributed by atoms with Crippen LogP contribution in [-0.2, 0) is 0 Å². The fourth-order valence-corrected chi connectivity index (χ4v) is 1.34. The van der Waals surface area contributed by atoms with Gasteiger partial charge in [0.15, 0.2) is 0 Å². The molecule has 1 heterocycles. The van der Waals surface area contributed by atoms with E-state index in [0.29, 0.717) is 5.54 Å². The predicted octanol–water partition coefficient (Wildman–Crippen LogP) is 0.265. The van der Waals surface area contributed by atoms with E-state index in [4.69, 9.17) is 0 Å². The molecule has 0 bridgehead atoms. The Morgan fingerprint density at radius 2 is 1.50 bits per heavy atom. The van der Waals surface area contributed by atoms with Gasteiger partial charge in [-0.15, -0.1) is 0 Å². The molecule has 0 spiro atoms. The minimum Gasteiger partial charge on any atom is -0.333 e. The van der Waals surface area contributed by atoms with E-state index in [1.807, 2.05) is 0 Å². The van der Waals surface area contributed by atoms with Crippen LogP contribution in [0.2, 0.25) is 0 Å². The third-order valence-corrected chi connectivity index (χ3v) is 2.07. The summed E-state index contributed by atoms with van der Waals surface area (Å²) in [5.41, 5.74) is 4.86. The molecule has 1 aliphatic heterocycles. The highest BCUT2D eigenvalue weighted by molar-refractivity contribution is 4.79. The molecule has 0 aromatic rings. The molecular weight excluding hydrogens is 150 g/mol. The van der Waals surface area contributed by atoms with E-state index in [9.17, 15) is 0 Å². The van der Waals surface area contributed by atoms with Crippen molar-refractivity contribution in [3.63, 3.8) is 0 Å². The molecule has 12 heavy (non-hydrogen) atoms. The van der Waals surface area contributed by atoms with Gasteiger partial charge >= 0.3 is 0 Å². The summed E-state index contributed by atoms with van der Waals surface area (Å²) in [5, 5.41) is 3.35. The topological polar surface area (TPSA) is 41.3 Å². The molecule has 0 aromatic carbocycles. The second-order valence-electron chi connectivity index (χ2n) is 3.91. The third kappa shape index (κ3) is 4.04. The summed E-state index contributed by atoms with van der Waals surface area (Å²) in [6.07, 6.45) is 0. The fraction of sp³-hybridized carbons (Fsp3) is 1.00. The van der Waals surface area contributed by atoms with Gasteiger partial charge in [0, 0.05) is 31.7 Å².